The molecule has 1 aromatic carbocycles. The second-order valence-corrected chi connectivity index (χ2v) is 5.65. The number of unbranched alkanes of at least 4 members (excludes halogenated alkanes) is 1. The molecule has 0 N–H and O–H groups in total. The number of aryl methyl sites for hydroxylation is 2. The lowest BCUT2D eigenvalue weighted by Gasteiger charge is -2.08. The van der Waals surface area contributed by atoms with Crippen LogP contribution in [-0.2, 0) is 12.3 Å². The number of hydrogen-bond donors (Lipinski definition) is 0. The van der Waals surface area contributed by atoms with Gasteiger partial charge in [0, 0.05) is 5.38 Å². The lowest BCUT2D eigenvalue weighted by molar-refractivity contribution is 0.305. The van der Waals surface area contributed by atoms with Crippen LogP contribution in [0.4, 0.5) is 0 Å². The lowest BCUT2D eigenvalue weighted by atomic mass is 10.2. The fourth-order valence-electron chi connectivity index (χ4n) is 1.80. The van der Waals surface area contributed by atoms with Crippen molar-refractivity contribution >= 4 is 22.9 Å². The fraction of sp³-hybridized carbons (Fsp3) is 0.400. The maximum Gasteiger partial charge on any atom is 0.122 e. The van der Waals surface area contributed by atoms with E-state index in [1.807, 2.05) is 23.6 Å². The Hall–Kier alpha value is -1.06. The fourth-order valence-corrected chi connectivity index (χ4v) is 2.87. The molecule has 0 atom stereocenters. The summed E-state index contributed by atoms with van der Waals surface area (Å²) in [5.41, 5.74) is 2.17. The van der Waals surface area contributed by atoms with Crippen LogP contribution in [0.3, 0.4) is 0 Å². The number of alkyl halides is 1. The van der Waals surface area contributed by atoms with Crippen molar-refractivity contribution in [3.05, 3.63) is 45.9 Å². The van der Waals surface area contributed by atoms with Gasteiger partial charge < -0.3 is 4.74 Å². The van der Waals surface area contributed by atoms with Crippen LogP contribution in [0.2, 0.25) is 0 Å². The average molecular weight is 296 g/mol. The summed E-state index contributed by atoms with van der Waals surface area (Å²) >= 11 is 7.43. The van der Waals surface area contributed by atoms with E-state index in [1.54, 1.807) is 11.3 Å². The number of nitrogens with zero attached hydrogens (tertiary/aromatic N) is 1. The molecule has 0 fully saturated rings. The molecule has 2 rings (SSSR count). The molecule has 0 radical (unpaired) electrons. The smallest absolute Gasteiger partial charge is 0.122 e. The van der Waals surface area contributed by atoms with Crippen LogP contribution in [0.15, 0.2) is 29.6 Å². The molecule has 4 heteroatoms. The Morgan fingerprint density at radius 3 is 2.84 bits per heavy atom. The quantitative estimate of drug-likeness (QED) is 0.550. The minimum absolute atomic E-state index is 0.507. The van der Waals surface area contributed by atoms with Crippen molar-refractivity contribution in [2.24, 2.45) is 0 Å². The number of benzene rings is 1. The third-order valence-electron chi connectivity index (χ3n) is 2.87. The Bertz CT molecular complexity index is 512. The van der Waals surface area contributed by atoms with Crippen molar-refractivity contribution in [2.45, 2.75) is 32.1 Å². The first-order valence-electron chi connectivity index (χ1n) is 6.47. The first kappa shape index (κ1) is 14.4. The molecular weight excluding hydrogens is 278 g/mol. The van der Waals surface area contributed by atoms with E-state index in [2.05, 4.69) is 18.0 Å². The summed E-state index contributed by atoms with van der Waals surface area (Å²) in [6.07, 6.45) is 3.16. The summed E-state index contributed by atoms with van der Waals surface area (Å²) in [4.78, 5) is 4.44. The Morgan fingerprint density at radius 2 is 2.11 bits per heavy atom. The van der Waals surface area contributed by atoms with Gasteiger partial charge in [-0.25, -0.2) is 4.98 Å². The van der Waals surface area contributed by atoms with Gasteiger partial charge in [0.15, 0.2) is 0 Å². The highest BCUT2D eigenvalue weighted by atomic mass is 35.5. The summed E-state index contributed by atoms with van der Waals surface area (Å²) in [5, 5.41) is 3.21. The molecule has 0 aliphatic carbocycles. The monoisotopic (exact) mass is 295 g/mol. The molecule has 19 heavy (non-hydrogen) atoms. The van der Waals surface area contributed by atoms with E-state index < -0.39 is 0 Å². The van der Waals surface area contributed by atoms with E-state index in [1.165, 1.54) is 10.6 Å². The minimum Gasteiger partial charge on any atom is -0.493 e. The van der Waals surface area contributed by atoms with E-state index in [0.717, 1.165) is 37.3 Å². The molecule has 0 aliphatic rings. The molecule has 2 nitrogen and oxygen atoms in total. The van der Waals surface area contributed by atoms with Gasteiger partial charge in [0.2, 0.25) is 0 Å². The standard InChI is InChI=1S/C15H18ClNOS/c1-12-6-2-3-7-14(12)18-9-5-4-8-15-17-13(10-16)11-19-15/h2-3,6-7,11H,4-5,8-10H2,1H3. The molecule has 0 amide bonds. The first-order chi connectivity index (χ1) is 9.29. The zero-order valence-electron chi connectivity index (χ0n) is 11.1. The van der Waals surface area contributed by atoms with Crippen LogP contribution in [0, 0.1) is 6.92 Å². The summed E-state index contributed by atoms with van der Waals surface area (Å²) in [6.45, 7) is 2.83. The predicted molar refractivity (Wildman–Crippen MR) is 81.3 cm³/mol. The van der Waals surface area contributed by atoms with Gasteiger partial charge in [0.25, 0.3) is 0 Å². The number of hydrogen-bond acceptors (Lipinski definition) is 3. The normalized spacial score (nSPS) is 10.6. The molecule has 0 spiro atoms. The lowest BCUT2D eigenvalue weighted by Crippen LogP contribution is -1.99. The summed E-state index contributed by atoms with van der Waals surface area (Å²) in [5.74, 6) is 1.49. The molecular formula is C15H18ClNOS. The van der Waals surface area contributed by atoms with Gasteiger partial charge in [-0.15, -0.1) is 22.9 Å². The SMILES string of the molecule is Cc1ccccc1OCCCCc1nc(CCl)cs1. The summed E-state index contributed by atoms with van der Waals surface area (Å²) in [7, 11) is 0. The third-order valence-corrected chi connectivity index (χ3v) is 4.10. The molecule has 0 bridgehead atoms. The third kappa shape index (κ3) is 4.51. The Labute approximate surface area is 123 Å². The Morgan fingerprint density at radius 1 is 1.26 bits per heavy atom. The molecule has 2 aromatic rings. The number of thiazole rings is 1. The van der Waals surface area contributed by atoms with Crippen LogP contribution in [0.5, 0.6) is 5.75 Å². The molecule has 0 saturated carbocycles. The second-order valence-electron chi connectivity index (χ2n) is 4.44. The van der Waals surface area contributed by atoms with Crippen molar-refractivity contribution < 1.29 is 4.74 Å². The van der Waals surface area contributed by atoms with Crippen molar-refractivity contribution in [1.82, 2.24) is 4.98 Å². The number of rotatable bonds is 7. The number of para-hydroxylation sites is 1. The molecule has 0 unspecified atom stereocenters. The Balaban J connectivity index is 1.66. The maximum absolute atomic E-state index is 5.76. The molecule has 102 valence electrons. The highest BCUT2D eigenvalue weighted by Crippen LogP contribution is 2.17. The largest absolute Gasteiger partial charge is 0.493 e. The second kappa shape index (κ2) is 7.51. The topological polar surface area (TPSA) is 22.1 Å². The van der Waals surface area contributed by atoms with Gasteiger partial charge in [-0.3, -0.25) is 0 Å². The van der Waals surface area contributed by atoms with Crippen LogP contribution in [0.25, 0.3) is 0 Å². The van der Waals surface area contributed by atoms with Crippen LogP contribution < -0.4 is 4.74 Å². The van der Waals surface area contributed by atoms with Crippen molar-refractivity contribution in [1.29, 1.82) is 0 Å². The number of aromatic nitrogens is 1. The van der Waals surface area contributed by atoms with Gasteiger partial charge in [-0.2, -0.15) is 0 Å². The van der Waals surface area contributed by atoms with Crippen LogP contribution >= 0.6 is 22.9 Å². The summed E-state index contributed by atoms with van der Waals surface area (Å²) < 4.78 is 5.76. The number of halogens is 1. The van der Waals surface area contributed by atoms with Crippen molar-refractivity contribution in [3.8, 4) is 5.75 Å². The summed E-state index contributed by atoms with van der Waals surface area (Å²) in [6, 6.07) is 8.12. The van der Waals surface area contributed by atoms with E-state index in [4.69, 9.17) is 16.3 Å². The molecule has 0 aliphatic heterocycles. The highest BCUT2D eigenvalue weighted by Gasteiger charge is 2.01. The molecule has 1 heterocycles. The molecule has 0 saturated heterocycles. The highest BCUT2D eigenvalue weighted by molar-refractivity contribution is 7.09. The van der Waals surface area contributed by atoms with Gasteiger partial charge in [0.1, 0.15) is 5.75 Å². The van der Waals surface area contributed by atoms with E-state index in [-0.39, 0.29) is 0 Å². The first-order valence-corrected chi connectivity index (χ1v) is 7.88. The van der Waals surface area contributed by atoms with Gasteiger partial charge in [-0.1, -0.05) is 18.2 Å². The number of ether oxygens (including phenoxy) is 1. The van der Waals surface area contributed by atoms with E-state index >= 15 is 0 Å². The zero-order valence-corrected chi connectivity index (χ0v) is 12.6. The van der Waals surface area contributed by atoms with Gasteiger partial charge in [-0.05, 0) is 37.8 Å². The maximum atomic E-state index is 5.76. The van der Waals surface area contributed by atoms with Crippen molar-refractivity contribution in [2.75, 3.05) is 6.61 Å². The van der Waals surface area contributed by atoms with Gasteiger partial charge >= 0.3 is 0 Å². The Kier molecular flexibility index (Phi) is 5.67. The van der Waals surface area contributed by atoms with E-state index in [9.17, 15) is 0 Å². The average Bonchev–Trinajstić information content (AvgIpc) is 2.88. The van der Waals surface area contributed by atoms with Gasteiger partial charge in [0.05, 0.1) is 23.2 Å². The predicted octanol–water partition coefficient (Wildman–Crippen LogP) is 4.59. The van der Waals surface area contributed by atoms with Crippen LogP contribution in [-0.4, -0.2) is 11.6 Å². The van der Waals surface area contributed by atoms with Crippen molar-refractivity contribution in [3.63, 3.8) is 0 Å². The minimum atomic E-state index is 0.507. The zero-order chi connectivity index (χ0) is 13.5. The molecule has 1 aromatic heterocycles. The van der Waals surface area contributed by atoms with E-state index in [0.29, 0.717) is 5.88 Å². The van der Waals surface area contributed by atoms with Crippen LogP contribution in [0.1, 0.15) is 29.1 Å².